The second-order valence-corrected chi connectivity index (χ2v) is 5.14. The number of amides is 1. The zero-order valence-electron chi connectivity index (χ0n) is 11.9. The van der Waals surface area contributed by atoms with Crippen LogP contribution in [0.3, 0.4) is 0 Å². The molecule has 0 aliphatic carbocycles. The van der Waals surface area contributed by atoms with Gasteiger partial charge in [-0.25, -0.2) is 4.98 Å². The fourth-order valence-corrected chi connectivity index (χ4v) is 2.60. The molecule has 2 aromatic rings. The summed E-state index contributed by atoms with van der Waals surface area (Å²) in [6.45, 7) is 5.29. The van der Waals surface area contributed by atoms with Crippen molar-refractivity contribution in [3.05, 3.63) is 29.6 Å². The molecule has 0 aliphatic heterocycles. The molecule has 0 fully saturated rings. The average molecular weight is 294 g/mol. The van der Waals surface area contributed by atoms with Gasteiger partial charge in [0.1, 0.15) is 5.82 Å². The van der Waals surface area contributed by atoms with Crippen LogP contribution in [-0.4, -0.2) is 27.9 Å². The van der Waals surface area contributed by atoms with Crippen LogP contribution < -0.4 is 5.32 Å². The predicted molar refractivity (Wildman–Crippen MR) is 82.2 cm³/mol. The molecule has 5 heteroatoms. The number of rotatable bonds is 6. The molecule has 1 aromatic carbocycles. The number of alkyl halides is 1. The van der Waals surface area contributed by atoms with Gasteiger partial charge in [-0.2, -0.15) is 0 Å². The topological polar surface area (TPSA) is 46.9 Å². The van der Waals surface area contributed by atoms with E-state index in [0.29, 0.717) is 31.8 Å². The minimum Gasteiger partial charge on any atom is -0.356 e. The van der Waals surface area contributed by atoms with E-state index in [9.17, 15) is 4.79 Å². The number of hydrogen-bond donors (Lipinski definition) is 1. The van der Waals surface area contributed by atoms with Crippen molar-refractivity contribution >= 4 is 28.5 Å². The lowest BCUT2D eigenvalue weighted by molar-refractivity contribution is -0.121. The van der Waals surface area contributed by atoms with Crippen LogP contribution in [0.1, 0.15) is 24.7 Å². The van der Waals surface area contributed by atoms with Crippen molar-refractivity contribution in [3.63, 3.8) is 0 Å². The van der Waals surface area contributed by atoms with E-state index in [2.05, 4.69) is 27.9 Å². The van der Waals surface area contributed by atoms with Crippen molar-refractivity contribution < 1.29 is 4.79 Å². The number of imidazole rings is 1. The SMILES string of the molecule is CCNC(=O)CCn1c(CCCl)nc2cccc(C)c21. The first-order chi connectivity index (χ1) is 9.67. The van der Waals surface area contributed by atoms with Gasteiger partial charge in [0.05, 0.1) is 11.0 Å². The van der Waals surface area contributed by atoms with Gasteiger partial charge in [-0.15, -0.1) is 11.6 Å². The molecule has 1 amide bonds. The Labute approximate surface area is 124 Å². The third-order valence-electron chi connectivity index (χ3n) is 3.30. The Kier molecular flexibility index (Phi) is 5.01. The van der Waals surface area contributed by atoms with Crippen LogP contribution >= 0.6 is 11.6 Å². The lowest BCUT2D eigenvalue weighted by atomic mass is 10.2. The third kappa shape index (κ3) is 3.12. The van der Waals surface area contributed by atoms with Crippen LogP contribution in [0.5, 0.6) is 0 Å². The predicted octanol–water partition coefficient (Wildman–Crippen LogP) is 2.65. The number of para-hydroxylation sites is 1. The van der Waals surface area contributed by atoms with Crippen LogP contribution in [-0.2, 0) is 17.8 Å². The summed E-state index contributed by atoms with van der Waals surface area (Å²) in [5, 5.41) is 2.82. The summed E-state index contributed by atoms with van der Waals surface area (Å²) in [4.78, 5) is 16.3. The van der Waals surface area contributed by atoms with E-state index in [1.807, 2.05) is 19.1 Å². The minimum absolute atomic E-state index is 0.0692. The maximum Gasteiger partial charge on any atom is 0.221 e. The molecule has 0 bridgehead atoms. The van der Waals surface area contributed by atoms with E-state index in [1.54, 1.807) is 0 Å². The number of fused-ring (bicyclic) bond motifs is 1. The second kappa shape index (κ2) is 6.75. The summed E-state index contributed by atoms with van der Waals surface area (Å²) in [6.07, 6.45) is 1.17. The number of halogens is 1. The zero-order chi connectivity index (χ0) is 14.5. The number of nitrogens with one attached hydrogen (secondary N) is 1. The molecule has 0 spiro atoms. The van der Waals surface area contributed by atoms with E-state index in [1.165, 1.54) is 5.56 Å². The van der Waals surface area contributed by atoms with Gasteiger partial charge in [0.15, 0.2) is 0 Å². The van der Waals surface area contributed by atoms with E-state index < -0.39 is 0 Å². The third-order valence-corrected chi connectivity index (χ3v) is 3.49. The van der Waals surface area contributed by atoms with Gasteiger partial charge in [-0.3, -0.25) is 4.79 Å². The molecule has 0 saturated carbocycles. The van der Waals surface area contributed by atoms with Crippen molar-refractivity contribution in [2.45, 2.75) is 33.2 Å². The molecule has 108 valence electrons. The summed E-state index contributed by atoms with van der Waals surface area (Å²) in [5.41, 5.74) is 3.25. The number of carbonyl (C=O) groups is 1. The molecule has 0 aliphatic rings. The average Bonchev–Trinajstić information content (AvgIpc) is 2.76. The molecule has 2 rings (SSSR count). The lowest BCUT2D eigenvalue weighted by Gasteiger charge is -2.10. The number of aryl methyl sites for hydroxylation is 3. The summed E-state index contributed by atoms with van der Waals surface area (Å²) in [5.74, 6) is 1.55. The largest absolute Gasteiger partial charge is 0.356 e. The van der Waals surface area contributed by atoms with Gasteiger partial charge in [0, 0.05) is 31.8 Å². The normalized spacial score (nSPS) is 10.9. The Balaban J connectivity index is 2.33. The highest BCUT2D eigenvalue weighted by molar-refractivity contribution is 6.17. The Morgan fingerprint density at radius 2 is 2.25 bits per heavy atom. The van der Waals surface area contributed by atoms with Gasteiger partial charge < -0.3 is 9.88 Å². The first kappa shape index (κ1) is 14.9. The van der Waals surface area contributed by atoms with Crippen molar-refractivity contribution in [1.29, 1.82) is 0 Å². The maximum absolute atomic E-state index is 11.7. The minimum atomic E-state index is 0.0692. The molecule has 1 N–H and O–H groups in total. The summed E-state index contributed by atoms with van der Waals surface area (Å²) in [7, 11) is 0. The van der Waals surface area contributed by atoms with Crippen LogP contribution in [0, 0.1) is 6.92 Å². The standard InChI is InChI=1S/C15H20ClN3O/c1-3-17-14(20)8-10-19-13(7-9-16)18-12-6-4-5-11(2)15(12)19/h4-6H,3,7-10H2,1-2H3,(H,17,20). The lowest BCUT2D eigenvalue weighted by Crippen LogP contribution is -2.24. The summed E-state index contributed by atoms with van der Waals surface area (Å²) < 4.78 is 2.13. The van der Waals surface area contributed by atoms with Crippen LogP contribution in [0.15, 0.2) is 18.2 Å². The van der Waals surface area contributed by atoms with Gasteiger partial charge in [-0.05, 0) is 25.5 Å². The molecular weight excluding hydrogens is 274 g/mol. The van der Waals surface area contributed by atoms with E-state index in [4.69, 9.17) is 11.6 Å². The fourth-order valence-electron chi connectivity index (χ4n) is 2.43. The first-order valence-electron chi connectivity index (χ1n) is 6.94. The molecule has 0 saturated heterocycles. The summed E-state index contributed by atoms with van der Waals surface area (Å²) in [6, 6.07) is 6.07. The van der Waals surface area contributed by atoms with E-state index in [-0.39, 0.29) is 5.91 Å². The number of benzene rings is 1. The number of aromatic nitrogens is 2. The molecule has 20 heavy (non-hydrogen) atoms. The number of hydrogen-bond acceptors (Lipinski definition) is 2. The Morgan fingerprint density at radius 3 is 2.95 bits per heavy atom. The molecule has 1 aromatic heterocycles. The highest BCUT2D eigenvalue weighted by atomic mass is 35.5. The Morgan fingerprint density at radius 1 is 1.45 bits per heavy atom. The smallest absolute Gasteiger partial charge is 0.221 e. The van der Waals surface area contributed by atoms with E-state index in [0.717, 1.165) is 16.9 Å². The molecule has 0 atom stereocenters. The Bertz CT molecular complexity index is 606. The monoisotopic (exact) mass is 293 g/mol. The number of carbonyl (C=O) groups excluding carboxylic acids is 1. The zero-order valence-corrected chi connectivity index (χ0v) is 12.7. The van der Waals surface area contributed by atoms with Crippen molar-refractivity contribution in [3.8, 4) is 0 Å². The van der Waals surface area contributed by atoms with Crippen LogP contribution in [0.4, 0.5) is 0 Å². The van der Waals surface area contributed by atoms with Gasteiger partial charge >= 0.3 is 0 Å². The van der Waals surface area contributed by atoms with Crippen molar-refractivity contribution in [1.82, 2.24) is 14.9 Å². The molecular formula is C15H20ClN3O. The highest BCUT2D eigenvalue weighted by Gasteiger charge is 2.13. The maximum atomic E-state index is 11.7. The fraction of sp³-hybridized carbons (Fsp3) is 0.467. The number of nitrogens with zero attached hydrogens (tertiary/aromatic N) is 2. The second-order valence-electron chi connectivity index (χ2n) is 4.76. The first-order valence-corrected chi connectivity index (χ1v) is 7.48. The Hall–Kier alpha value is -1.55. The summed E-state index contributed by atoms with van der Waals surface area (Å²) >= 11 is 5.86. The van der Waals surface area contributed by atoms with E-state index >= 15 is 0 Å². The van der Waals surface area contributed by atoms with Gasteiger partial charge in [0.25, 0.3) is 0 Å². The van der Waals surface area contributed by atoms with Crippen LogP contribution in [0.2, 0.25) is 0 Å². The van der Waals surface area contributed by atoms with Gasteiger partial charge in [-0.1, -0.05) is 12.1 Å². The quantitative estimate of drug-likeness (QED) is 0.832. The molecule has 4 nitrogen and oxygen atoms in total. The van der Waals surface area contributed by atoms with Crippen LogP contribution in [0.25, 0.3) is 11.0 Å². The van der Waals surface area contributed by atoms with Crippen molar-refractivity contribution in [2.24, 2.45) is 0 Å². The molecule has 1 heterocycles. The van der Waals surface area contributed by atoms with Crippen molar-refractivity contribution in [2.75, 3.05) is 12.4 Å². The highest BCUT2D eigenvalue weighted by Crippen LogP contribution is 2.21. The molecule has 0 unspecified atom stereocenters. The molecule has 0 radical (unpaired) electrons. The van der Waals surface area contributed by atoms with Gasteiger partial charge in [0.2, 0.25) is 5.91 Å².